The number of piperidine rings is 1. The molecule has 2 nitrogen and oxygen atoms in total. The minimum Gasteiger partial charge on any atom is -0.316 e. The summed E-state index contributed by atoms with van der Waals surface area (Å²) in [7, 11) is 0. The van der Waals surface area contributed by atoms with Crippen LogP contribution in [0.15, 0.2) is 17.5 Å². The second-order valence-electron chi connectivity index (χ2n) is 6.32. The van der Waals surface area contributed by atoms with Crippen LogP contribution in [0, 0.1) is 5.41 Å². The van der Waals surface area contributed by atoms with Gasteiger partial charge in [0.2, 0.25) is 0 Å². The van der Waals surface area contributed by atoms with E-state index in [-0.39, 0.29) is 0 Å². The summed E-state index contributed by atoms with van der Waals surface area (Å²) in [4.78, 5) is 4.17. The topological polar surface area (TPSA) is 15.3 Å². The molecular formula is C15H26N2S. The highest BCUT2D eigenvalue weighted by Gasteiger charge is 2.37. The first kappa shape index (κ1) is 14.0. The first-order valence-electron chi connectivity index (χ1n) is 6.99. The minimum absolute atomic E-state index is 0.361. The molecule has 1 aromatic heterocycles. The van der Waals surface area contributed by atoms with Crippen LogP contribution in [0.1, 0.15) is 39.0 Å². The quantitative estimate of drug-likeness (QED) is 0.899. The Bertz CT molecular complexity index is 357. The average molecular weight is 266 g/mol. The van der Waals surface area contributed by atoms with Gasteiger partial charge >= 0.3 is 0 Å². The molecule has 0 saturated carbocycles. The van der Waals surface area contributed by atoms with Crippen molar-refractivity contribution >= 4 is 11.3 Å². The van der Waals surface area contributed by atoms with Crippen molar-refractivity contribution in [2.75, 3.05) is 13.1 Å². The SMILES string of the molecule is CC(C)N(Cc1cccs1)C1CCNCC1(C)C. The van der Waals surface area contributed by atoms with E-state index in [2.05, 4.69) is 55.4 Å². The van der Waals surface area contributed by atoms with E-state index in [1.807, 2.05) is 11.3 Å². The third-order valence-corrected chi connectivity index (χ3v) is 4.92. The van der Waals surface area contributed by atoms with Gasteiger partial charge in [-0.25, -0.2) is 0 Å². The maximum atomic E-state index is 3.53. The van der Waals surface area contributed by atoms with Crippen molar-refractivity contribution < 1.29 is 0 Å². The second kappa shape index (κ2) is 5.72. The van der Waals surface area contributed by atoms with Crippen LogP contribution in [-0.2, 0) is 6.54 Å². The van der Waals surface area contributed by atoms with Gasteiger partial charge in [-0.3, -0.25) is 4.90 Å². The Morgan fingerprint density at radius 2 is 2.28 bits per heavy atom. The third-order valence-electron chi connectivity index (χ3n) is 4.06. The van der Waals surface area contributed by atoms with Crippen LogP contribution in [0.3, 0.4) is 0 Å². The van der Waals surface area contributed by atoms with E-state index in [4.69, 9.17) is 0 Å². The third kappa shape index (κ3) is 3.14. The summed E-state index contributed by atoms with van der Waals surface area (Å²) >= 11 is 1.88. The van der Waals surface area contributed by atoms with Crippen molar-refractivity contribution in [3.05, 3.63) is 22.4 Å². The molecule has 18 heavy (non-hydrogen) atoms. The molecular weight excluding hydrogens is 240 g/mol. The van der Waals surface area contributed by atoms with Crippen molar-refractivity contribution in [1.82, 2.24) is 10.2 Å². The summed E-state index contributed by atoms with van der Waals surface area (Å²) in [5.41, 5.74) is 0.361. The molecule has 1 aromatic rings. The number of nitrogens with zero attached hydrogens (tertiary/aromatic N) is 1. The van der Waals surface area contributed by atoms with Crippen LogP contribution in [0.4, 0.5) is 0 Å². The van der Waals surface area contributed by atoms with Crippen molar-refractivity contribution in [2.45, 2.75) is 52.7 Å². The van der Waals surface area contributed by atoms with E-state index < -0.39 is 0 Å². The Kier molecular flexibility index (Phi) is 4.46. The number of rotatable bonds is 4. The summed E-state index contributed by atoms with van der Waals surface area (Å²) < 4.78 is 0. The molecule has 1 fully saturated rings. The molecule has 1 aliphatic rings. The number of hydrogen-bond donors (Lipinski definition) is 1. The highest BCUT2D eigenvalue weighted by Crippen LogP contribution is 2.32. The molecule has 1 aliphatic heterocycles. The van der Waals surface area contributed by atoms with E-state index in [1.165, 1.54) is 11.3 Å². The molecule has 1 N–H and O–H groups in total. The zero-order valence-electron chi connectivity index (χ0n) is 12.1. The van der Waals surface area contributed by atoms with Gasteiger partial charge in [0.1, 0.15) is 0 Å². The van der Waals surface area contributed by atoms with E-state index in [0.717, 1.165) is 19.6 Å². The molecule has 0 amide bonds. The summed E-state index contributed by atoms with van der Waals surface area (Å²) in [6.07, 6.45) is 1.26. The van der Waals surface area contributed by atoms with Gasteiger partial charge in [-0.15, -0.1) is 11.3 Å². The number of thiophene rings is 1. The van der Waals surface area contributed by atoms with Crippen LogP contribution < -0.4 is 5.32 Å². The molecule has 0 spiro atoms. The lowest BCUT2D eigenvalue weighted by molar-refractivity contribution is 0.0314. The van der Waals surface area contributed by atoms with E-state index in [1.54, 1.807) is 0 Å². The maximum absolute atomic E-state index is 3.53. The molecule has 3 heteroatoms. The Morgan fingerprint density at radius 1 is 1.50 bits per heavy atom. The van der Waals surface area contributed by atoms with E-state index >= 15 is 0 Å². The molecule has 0 radical (unpaired) electrons. The van der Waals surface area contributed by atoms with Crippen molar-refractivity contribution in [3.63, 3.8) is 0 Å². The summed E-state index contributed by atoms with van der Waals surface area (Å²) in [6, 6.07) is 5.70. The highest BCUT2D eigenvalue weighted by molar-refractivity contribution is 7.09. The Labute approximate surface area is 115 Å². The van der Waals surface area contributed by atoms with Gasteiger partial charge in [-0.1, -0.05) is 19.9 Å². The van der Waals surface area contributed by atoms with Gasteiger partial charge in [0.25, 0.3) is 0 Å². The Hall–Kier alpha value is -0.380. The fourth-order valence-electron chi connectivity index (χ4n) is 3.01. The molecule has 2 heterocycles. The fraction of sp³-hybridized carbons (Fsp3) is 0.733. The molecule has 102 valence electrons. The molecule has 1 saturated heterocycles. The first-order chi connectivity index (χ1) is 8.50. The van der Waals surface area contributed by atoms with Crippen LogP contribution >= 0.6 is 11.3 Å². The molecule has 0 bridgehead atoms. The second-order valence-corrected chi connectivity index (χ2v) is 7.35. The minimum atomic E-state index is 0.361. The van der Waals surface area contributed by atoms with Gasteiger partial charge in [0.15, 0.2) is 0 Å². The lowest BCUT2D eigenvalue weighted by Crippen LogP contribution is -2.56. The first-order valence-corrected chi connectivity index (χ1v) is 7.87. The lowest BCUT2D eigenvalue weighted by Gasteiger charge is -2.47. The Balaban J connectivity index is 2.13. The zero-order valence-corrected chi connectivity index (χ0v) is 12.9. The predicted molar refractivity (Wildman–Crippen MR) is 80.1 cm³/mol. The monoisotopic (exact) mass is 266 g/mol. The van der Waals surface area contributed by atoms with Crippen LogP contribution in [0.25, 0.3) is 0 Å². The van der Waals surface area contributed by atoms with Crippen molar-refractivity contribution in [3.8, 4) is 0 Å². The van der Waals surface area contributed by atoms with Gasteiger partial charge in [-0.2, -0.15) is 0 Å². The predicted octanol–water partition coefficient (Wildman–Crippen LogP) is 3.35. The zero-order chi connectivity index (χ0) is 13.2. The Morgan fingerprint density at radius 3 is 2.83 bits per heavy atom. The van der Waals surface area contributed by atoms with Crippen LogP contribution in [-0.4, -0.2) is 30.1 Å². The largest absolute Gasteiger partial charge is 0.316 e. The van der Waals surface area contributed by atoms with Crippen molar-refractivity contribution in [1.29, 1.82) is 0 Å². The summed E-state index contributed by atoms with van der Waals surface area (Å²) in [5, 5.41) is 5.72. The van der Waals surface area contributed by atoms with E-state index in [9.17, 15) is 0 Å². The number of nitrogens with one attached hydrogen (secondary N) is 1. The van der Waals surface area contributed by atoms with Crippen LogP contribution in [0.2, 0.25) is 0 Å². The average Bonchev–Trinajstić information content (AvgIpc) is 2.78. The fourth-order valence-corrected chi connectivity index (χ4v) is 3.72. The van der Waals surface area contributed by atoms with Gasteiger partial charge in [0.05, 0.1) is 0 Å². The summed E-state index contributed by atoms with van der Waals surface area (Å²) in [5.74, 6) is 0. The van der Waals surface area contributed by atoms with Crippen LogP contribution in [0.5, 0.6) is 0 Å². The smallest absolute Gasteiger partial charge is 0.0333 e. The molecule has 0 aliphatic carbocycles. The molecule has 1 unspecified atom stereocenters. The maximum Gasteiger partial charge on any atom is 0.0333 e. The normalized spacial score (nSPS) is 23.8. The molecule has 0 aromatic carbocycles. The van der Waals surface area contributed by atoms with Gasteiger partial charge in [0, 0.05) is 30.1 Å². The number of hydrogen-bond acceptors (Lipinski definition) is 3. The van der Waals surface area contributed by atoms with Gasteiger partial charge in [-0.05, 0) is 43.7 Å². The van der Waals surface area contributed by atoms with E-state index in [0.29, 0.717) is 17.5 Å². The molecule has 2 rings (SSSR count). The standard InChI is InChI=1S/C15H26N2S/c1-12(2)17(10-13-6-5-9-18-13)14-7-8-16-11-15(14,3)4/h5-6,9,12,14,16H,7-8,10-11H2,1-4H3. The van der Waals surface area contributed by atoms with Crippen molar-refractivity contribution in [2.24, 2.45) is 5.41 Å². The molecule has 1 atom stereocenters. The summed E-state index contributed by atoms with van der Waals surface area (Å²) in [6.45, 7) is 12.8. The lowest BCUT2D eigenvalue weighted by atomic mass is 9.78. The van der Waals surface area contributed by atoms with Gasteiger partial charge < -0.3 is 5.32 Å². The highest BCUT2D eigenvalue weighted by atomic mass is 32.1.